The molecule has 0 spiro atoms. The van der Waals surface area contributed by atoms with Gasteiger partial charge in [-0.1, -0.05) is 50.1 Å². The normalized spacial score (nSPS) is 22.9. The third kappa shape index (κ3) is 5.16. The third-order valence-corrected chi connectivity index (χ3v) is 9.07. The molecule has 0 N–H and O–H groups in total. The summed E-state index contributed by atoms with van der Waals surface area (Å²) in [6, 6.07) is 9.50. The highest BCUT2D eigenvalue weighted by Gasteiger charge is 2.54. The van der Waals surface area contributed by atoms with Gasteiger partial charge >= 0.3 is 0 Å². The minimum Gasteiger partial charge on any atom is -0.292 e. The van der Waals surface area contributed by atoms with Crippen LogP contribution in [0.3, 0.4) is 0 Å². The molecule has 1 saturated heterocycles. The standard InChI is InChI=1S/C23H18Br2N4O8/c24-18-9-16-17(10-19(18)25)23(33)27(22(16)32)26(21(31)13-4-2-6-15(8-13)29(36)37)11-20(30)12-3-1-5-14(7-12)28(34)35/h1-8,16-19H,9-11H2/t16-,17-,18+,19+/m1/s1. The second-order valence-corrected chi connectivity index (χ2v) is 11.0. The Labute approximate surface area is 226 Å². The highest BCUT2D eigenvalue weighted by Crippen LogP contribution is 2.43. The average Bonchev–Trinajstić information content (AvgIpc) is 3.11. The predicted octanol–water partition coefficient (Wildman–Crippen LogP) is 3.67. The third-order valence-electron chi connectivity index (χ3n) is 6.34. The highest BCUT2D eigenvalue weighted by molar-refractivity contribution is 9.12. The number of carbonyl (C=O) groups excluding carboxylic acids is 4. The van der Waals surface area contributed by atoms with Crippen molar-refractivity contribution in [2.45, 2.75) is 22.5 Å². The first-order valence-electron chi connectivity index (χ1n) is 11.0. The van der Waals surface area contributed by atoms with Gasteiger partial charge in [-0.2, -0.15) is 5.01 Å². The number of nitro benzene ring substituents is 2. The summed E-state index contributed by atoms with van der Waals surface area (Å²) in [6.45, 7) is -0.797. The van der Waals surface area contributed by atoms with Gasteiger partial charge in [0.15, 0.2) is 5.78 Å². The number of benzene rings is 2. The number of ketones is 1. The molecule has 0 radical (unpaired) electrons. The second-order valence-electron chi connectivity index (χ2n) is 8.61. The number of fused-ring (bicyclic) bond motifs is 1. The minimum absolute atomic E-state index is 0.0992. The summed E-state index contributed by atoms with van der Waals surface area (Å²) in [5.74, 6) is -4.52. The van der Waals surface area contributed by atoms with Crippen molar-refractivity contribution in [3.8, 4) is 0 Å². The van der Waals surface area contributed by atoms with Crippen LogP contribution >= 0.6 is 31.9 Å². The van der Waals surface area contributed by atoms with Crippen molar-refractivity contribution >= 4 is 66.7 Å². The molecule has 14 heteroatoms. The van der Waals surface area contributed by atoms with Crippen molar-refractivity contribution in [3.63, 3.8) is 0 Å². The molecule has 4 rings (SSSR count). The van der Waals surface area contributed by atoms with Gasteiger partial charge in [0.05, 0.1) is 21.7 Å². The fraction of sp³-hybridized carbons (Fsp3) is 0.304. The number of hydrogen-bond donors (Lipinski definition) is 0. The van der Waals surface area contributed by atoms with E-state index in [-0.39, 0.29) is 26.5 Å². The van der Waals surface area contributed by atoms with Gasteiger partial charge in [-0.25, -0.2) is 5.01 Å². The number of hydrazine groups is 1. The number of halogens is 2. The van der Waals surface area contributed by atoms with Gasteiger partial charge < -0.3 is 0 Å². The molecule has 3 amide bonds. The quantitative estimate of drug-likeness (QED) is 0.146. The van der Waals surface area contributed by atoms with E-state index in [0.29, 0.717) is 22.9 Å². The van der Waals surface area contributed by atoms with E-state index >= 15 is 0 Å². The van der Waals surface area contributed by atoms with Gasteiger partial charge in [-0.3, -0.25) is 39.4 Å². The van der Waals surface area contributed by atoms with Crippen LogP contribution in [0.4, 0.5) is 11.4 Å². The first kappa shape index (κ1) is 26.5. The maximum absolute atomic E-state index is 13.6. The number of carbonyl (C=O) groups is 4. The molecule has 4 atom stereocenters. The topological polar surface area (TPSA) is 161 Å². The van der Waals surface area contributed by atoms with E-state index < -0.39 is 57.4 Å². The summed E-state index contributed by atoms with van der Waals surface area (Å²) in [7, 11) is 0. The van der Waals surface area contributed by atoms with E-state index in [1.807, 2.05) is 0 Å². The van der Waals surface area contributed by atoms with E-state index in [4.69, 9.17) is 0 Å². The monoisotopic (exact) mass is 636 g/mol. The molecule has 37 heavy (non-hydrogen) atoms. The van der Waals surface area contributed by atoms with Crippen molar-refractivity contribution < 1.29 is 29.0 Å². The minimum atomic E-state index is -0.978. The zero-order valence-corrected chi connectivity index (χ0v) is 22.0. The molecular weight excluding hydrogens is 620 g/mol. The van der Waals surface area contributed by atoms with Crippen LogP contribution in [0.1, 0.15) is 33.6 Å². The molecule has 0 unspecified atom stereocenters. The van der Waals surface area contributed by atoms with Gasteiger partial charge in [-0.15, -0.1) is 0 Å². The summed E-state index contributed by atoms with van der Waals surface area (Å²) >= 11 is 6.98. The zero-order chi connectivity index (χ0) is 27.0. The lowest BCUT2D eigenvalue weighted by Gasteiger charge is -2.30. The van der Waals surface area contributed by atoms with E-state index in [9.17, 15) is 39.4 Å². The lowest BCUT2D eigenvalue weighted by atomic mass is 9.81. The maximum Gasteiger partial charge on any atom is 0.273 e. The molecular formula is C23H18Br2N4O8. The number of nitrogens with zero attached hydrogens (tertiary/aromatic N) is 4. The Balaban J connectivity index is 1.73. The van der Waals surface area contributed by atoms with Gasteiger partial charge in [0, 0.05) is 45.0 Å². The second kappa shape index (κ2) is 10.5. The molecule has 1 aliphatic heterocycles. The lowest BCUT2D eigenvalue weighted by Crippen LogP contribution is -2.52. The van der Waals surface area contributed by atoms with Crippen LogP contribution in [0, 0.1) is 32.1 Å². The molecule has 2 fully saturated rings. The van der Waals surface area contributed by atoms with Crippen LogP contribution in [-0.4, -0.2) is 59.6 Å². The lowest BCUT2D eigenvalue weighted by molar-refractivity contribution is -0.385. The number of nitro groups is 2. The summed E-state index contributed by atoms with van der Waals surface area (Å²) in [4.78, 5) is 74.2. The zero-order valence-electron chi connectivity index (χ0n) is 18.9. The van der Waals surface area contributed by atoms with E-state index in [1.54, 1.807) is 0 Å². The smallest absolute Gasteiger partial charge is 0.273 e. The average molecular weight is 638 g/mol. The summed E-state index contributed by atoms with van der Waals surface area (Å²) in [5, 5.41) is 23.7. The van der Waals surface area contributed by atoms with Crippen LogP contribution in [0.2, 0.25) is 0 Å². The fourth-order valence-corrected chi connectivity index (χ4v) is 5.71. The Morgan fingerprint density at radius 3 is 1.81 bits per heavy atom. The Morgan fingerprint density at radius 1 is 0.865 bits per heavy atom. The largest absolute Gasteiger partial charge is 0.292 e. The van der Waals surface area contributed by atoms with Crippen molar-refractivity contribution in [1.82, 2.24) is 10.0 Å². The number of hydrogen-bond acceptors (Lipinski definition) is 8. The molecule has 2 aromatic carbocycles. The predicted molar refractivity (Wildman–Crippen MR) is 135 cm³/mol. The first-order valence-corrected chi connectivity index (χ1v) is 12.8. The molecule has 1 aliphatic carbocycles. The Hall–Kier alpha value is -3.52. The van der Waals surface area contributed by atoms with E-state index in [2.05, 4.69) is 31.9 Å². The highest BCUT2D eigenvalue weighted by atomic mass is 79.9. The van der Waals surface area contributed by atoms with Gasteiger partial charge in [0.2, 0.25) is 0 Å². The van der Waals surface area contributed by atoms with Gasteiger partial charge in [-0.05, 0) is 18.9 Å². The Morgan fingerprint density at radius 2 is 1.32 bits per heavy atom. The number of Topliss-reactive ketones (excluding diaryl/α,β-unsaturated/α-hetero) is 1. The van der Waals surface area contributed by atoms with Crippen molar-refractivity contribution in [1.29, 1.82) is 0 Å². The molecule has 0 aromatic heterocycles. The summed E-state index contributed by atoms with van der Waals surface area (Å²) in [6.07, 6.45) is 0.638. The van der Waals surface area contributed by atoms with Crippen LogP contribution in [0.25, 0.3) is 0 Å². The van der Waals surface area contributed by atoms with E-state index in [1.165, 1.54) is 36.4 Å². The first-order chi connectivity index (χ1) is 17.5. The van der Waals surface area contributed by atoms with Crippen LogP contribution in [0.15, 0.2) is 48.5 Å². The van der Waals surface area contributed by atoms with Crippen molar-refractivity contribution in [2.24, 2.45) is 11.8 Å². The number of rotatable bonds is 7. The SMILES string of the molecule is O=C(CN(C(=O)c1cccc([N+](=O)[O-])c1)N1C(=O)[C@@H]2C[C@H](Br)[C@@H](Br)C[C@H]2C1=O)c1cccc([N+](=O)[O-])c1. The van der Waals surface area contributed by atoms with Crippen molar-refractivity contribution in [3.05, 3.63) is 79.9 Å². The summed E-state index contributed by atoms with van der Waals surface area (Å²) < 4.78 is 0. The van der Waals surface area contributed by atoms with Crippen LogP contribution < -0.4 is 0 Å². The van der Waals surface area contributed by atoms with Gasteiger partial charge in [0.25, 0.3) is 29.1 Å². The number of imide groups is 1. The molecule has 192 valence electrons. The molecule has 1 heterocycles. The number of alkyl halides is 2. The van der Waals surface area contributed by atoms with Crippen molar-refractivity contribution in [2.75, 3.05) is 6.54 Å². The van der Waals surface area contributed by atoms with Gasteiger partial charge in [0.1, 0.15) is 6.54 Å². The molecule has 0 bridgehead atoms. The Kier molecular flexibility index (Phi) is 7.50. The number of amides is 3. The van der Waals surface area contributed by atoms with E-state index in [0.717, 1.165) is 12.1 Å². The molecule has 1 saturated carbocycles. The van der Waals surface area contributed by atoms with Crippen LogP contribution in [0.5, 0.6) is 0 Å². The molecule has 2 aliphatic rings. The maximum atomic E-state index is 13.6. The Bertz CT molecular complexity index is 1310. The molecule has 12 nitrogen and oxygen atoms in total. The number of non-ortho nitro benzene ring substituents is 2. The fourth-order valence-electron chi connectivity index (χ4n) is 4.47. The summed E-state index contributed by atoms with van der Waals surface area (Å²) in [5.41, 5.74) is -1.07. The van der Waals surface area contributed by atoms with Crippen LogP contribution in [-0.2, 0) is 9.59 Å². The molecule has 2 aromatic rings.